The Morgan fingerprint density at radius 2 is 1.06 bits per heavy atom. The van der Waals surface area contributed by atoms with Gasteiger partial charge in [-0.2, -0.15) is 0 Å². The lowest BCUT2D eigenvalue weighted by atomic mass is 9.80. The van der Waals surface area contributed by atoms with Crippen LogP contribution in [0.1, 0.15) is 43.6 Å². The van der Waals surface area contributed by atoms with Crippen molar-refractivity contribution in [3.8, 4) is 22.3 Å². The van der Waals surface area contributed by atoms with Crippen molar-refractivity contribution in [2.75, 3.05) is 4.90 Å². The zero-order valence-corrected chi connectivity index (χ0v) is 27.7. The molecule has 1 aliphatic carbocycles. The van der Waals surface area contributed by atoms with Crippen LogP contribution in [-0.2, 0) is 0 Å². The first-order chi connectivity index (χ1) is 24.3. The Labute approximate surface area is 289 Å². The molecule has 0 aromatic heterocycles. The van der Waals surface area contributed by atoms with Crippen LogP contribution < -0.4 is 4.90 Å². The molecule has 8 aromatic rings. The molecule has 0 aliphatic heterocycles. The molecule has 1 nitrogen and oxygen atoms in total. The van der Waals surface area contributed by atoms with E-state index in [-0.39, 0.29) is 0 Å². The van der Waals surface area contributed by atoms with Gasteiger partial charge in [-0.15, -0.1) is 0 Å². The summed E-state index contributed by atoms with van der Waals surface area (Å²) in [4.78, 5) is 2.45. The first-order valence-corrected chi connectivity index (χ1v) is 17.8. The Morgan fingerprint density at radius 3 is 1.96 bits per heavy atom. The number of nitrogens with zero attached hydrogens (tertiary/aromatic N) is 1. The zero-order valence-electron chi connectivity index (χ0n) is 27.7. The molecule has 0 atom stereocenters. The van der Waals surface area contributed by atoms with Crippen LogP contribution in [0.3, 0.4) is 0 Å². The molecule has 0 bridgehead atoms. The lowest BCUT2D eigenvalue weighted by Gasteiger charge is -2.29. The third-order valence-electron chi connectivity index (χ3n) is 10.6. The Hall–Kier alpha value is -5.66. The van der Waals surface area contributed by atoms with E-state index >= 15 is 0 Å². The summed E-state index contributed by atoms with van der Waals surface area (Å²) in [5.74, 6) is 0.616. The average Bonchev–Trinajstić information content (AvgIpc) is 3.18. The minimum atomic E-state index is 0.616. The molecule has 1 heteroatoms. The number of benzene rings is 8. The Balaban J connectivity index is 1.23. The van der Waals surface area contributed by atoms with Gasteiger partial charge in [-0.05, 0) is 104 Å². The van der Waals surface area contributed by atoms with Crippen LogP contribution >= 0.6 is 0 Å². The van der Waals surface area contributed by atoms with E-state index in [1.54, 1.807) is 0 Å². The van der Waals surface area contributed by atoms with Gasteiger partial charge in [0.1, 0.15) is 0 Å². The molecule has 49 heavy (non-hydrogen) atoms. The lowest BCUT2D eigenvalue weighted by molar-refractivity contribution is 0.445. The van der Waals surface area contributed by atoms with Gasteiger partial charge in [0.05, 0.1) is 5.69 Å². The van der Waals surface area contributed by atoms with E-state index in [2.05, 4.69) is 175 Å². The number of para-hydroxylation sites is 2. The molecular weight excluding hydrogens is 591 g/mol. The van der Waals surface area contributed by atoms with Gasteiger partial charge in [-0.1, -0.05) is 159 Å². The normalized spacial score (nSPS) is 13.6. The molecule has 9 rings (SSSR count). The molecule has 0 N–H and O–H groups in total. The van der Waals surface area contributed by atoms with Gasteiger partial charge in [0.25, 0.3) is 0 Å². The van der Waals surface area contributed by atoms with Crippen LogP contribution in [0.4, 0.5) is 17.1 Å². The summed E-state index contributed by atoms with van der Waals surface area (Å²) in [5, 5.41) is 7.86. The van der Waals surface area contributed by atoms with Gasteiger partial charge in [0.2, 0.25) is 0 Å². The van der Waals surface area contributed by atoms with Crippen LogP contribution in [0.2, 0.25) is 0 Å². The number of fused-ring (bicyclic) bond motifs is 4. The second kappa shape index (κ2) is 12.7. The first kappa shape index (κ1) is 29.5. The summed E-state index contributed by atoms with van der Waals surface area (Å²) in [5.41, 5.74) is 10.00. The highest BCUT2D eigenvalue weighted by Gasteiger charge is 2.23. The van der Waals surface area contributed by atoms with E-state index in [0.29, 0.717) is 5.92 Å². The number of rotatable bonds is 6. The summed E-state index contributed by atoms with van der Waals surface area (Å²) in [7, 11) is 0. The van der Waals surface area contributed by atoms with Gasteiger partial charge in [0, 0.05) is 16.9 Å². The van der Waals surface area contributed by atoms with Crippen molar-refractivity contribution in [1.29, 1.82) is 0 Å². The van der Waals surface area contributed by atoms with Gasteiger partial charge < -0.3 is 4.90 Å². The molecule has 0 saturated heterocycles. The summed E-state index contributed by atoms with van der Waals surface area (Å²) in [6.07, 6.45) is 6.57. The molecule has 0 unspecified atom stereocenters. The first-order valence-electron chi connectivity index (χ1n) is 17.8. The highest BCUT2D eigenvalue weighted by Crippen LogP contribution is 2.46. The molecule has 8 aromatic carbocycles. The van der Waals surface area contributed by atoms with Crippen molar-refractivity contribution in [1.82, 2.24) is 0 Å². The molecule has 0 radical (unpaired) electrons. The van der Waals surface area contributed by atoms with Crippen molar-refractivity contribution < 1.29 is 0 Å². The summed E-state index contributed by atoms with van der Waals surface area (Å²) in [6.45, 7) is 0. The van der Waals surface area contributed by atoms with E-state index < -0.39 is 0 Å². The maximum atomic E-state index is 2.45. The monoisotopic (exact) mass is 629 g/mol. The van der Waals surface area contributed by atoms with E-state index in [4.69, 9.17) is 0 Å². The molecule has 1 saturated carbocycles. The SMILES string of the molecule is c1ccc(N(c2cccc(-c3cccc4c3ccc3ccccc34)c2)c2ccccc2-c2cccc3cccc(C4CCCCC4)c23)cc1. The maximum absolute atomic E-state index is 2.45. The van der Waals surface area contributed by atoms with E-state index in [1.165, 1.54) is 97.9 Å². The zero-order chi connectivity index (χ0) is 32.6. The molecular formula is C48H39N. The van der Waals surface area contributed by atoms with Crippen molar-refractivity contribution in [3.63, 3.8) is 0 Å². The largest absolute Gasteiger partial charge is 0.310 e. The second-order valence-electron chi connectivity index (χ2n) is 13.5. The van der Waals surface area contributed by atoms with E-state index in [9.17, 15) is 0 Å². The predicted octanol–water partition coefficient (Wildman–Crippen LogP) is 14.0. The highest BCUT2D eigenvalue weighted by molar-refractivity contribution is 6.12. The predicted molar refractivity (Wildman–Crippen MR) is 210 cm³/mol. The minimum Gasteiger partial charge on any atom is -0.310 e. The Morgan fingerprint density at radius 1 is 0.408 bits per heavy atom. The lowest BCUT2D eigenvalue weighted by Crippen LogP contribution is -2.11. The van der Waals surface area contributed by atoms with Gasteiger partial charge in [-0.3, -0.25) is 0 Å². The van der Waals surface area contributed by atoms with Crippen molar-refractivity contribution in [3.05, 3.63) is 175 Å². The fourth-order valence-electron chi connectivity index (χ4n) is 8.35. The summed E-state index contributed by atoms with van der Waals surface area (Å²) >= 11 is 0. The van der Waals surface area contributed by atoms with Gasteiger partial charge in [0.15, 0.2) is 0 Å². The van der Waals surface area contributed by atoms with Crippen molar-refractivity contribution in [2.45, 2.75) is 38.0 Å². The molecule has 0 heterocycles. The van der Waals surface area contributed by atoms with E-state index in [0.717, 1.165) is 11.4 Å². The fourth-order valence-corrected chi connectivity index (χ4v) is 8.35. The quantitative estimate of drug-likeness (QED) is 0.165. The van der Waals surface area contributed by atoms with Gasteiger partial charge in [-0.25, -0.2) is 0 Å². The minimum absolute atomic E-state index is 0.616. The van der Waals surface area contributed by atoms with Crippen LogP contribution in [0.5, 0.6) is 0 Å². The molecule has 236 valence electrons. The number of hydrogen-bond acceptors (Lipinski definition) is 1. The molecule has 0 spiro atoms. The average molecular weight is 630 g/mol. The van der Waals surface area contributed by atoms with Crippen molar-refractivity contribution in [2.24, 2.45) is 0 Å². The molecule has 0 amide bonds. The molecule has 1 fully saturated rings. The maximum Gasteiger partial charge on any atom is 0.0540 e. The van der Waals surface area contributed by atoms with Crippen LogP contribution in [0.15, 0.2) is 170 Å². The smallest absolute Gasteiger partial charge is 0.0540 e. The van der Waals surface area contributed by atoms with E-state index in [1.807, 2.05) is 0 Å². The highest BCUT2D eigenvalue weighted by atomic mass is 15.1. The number of hydrogen-bond donors (Lipinski definition) is 0. The Kier molecular flexibility index (Phi) is 7.67. The second-order valence-corrected chi connectivity index (χ2v) is 13.5. The van der Waals surface area contributed by atoms with Crippen LogP contribution in [-0.4, -0.2) is 0 Å². The van der Waals surface area contributed by atoms with Crippen molar-refractivity contribution >= 4 is 49.4 Å². The molecule has 1 aliphatic rings. The van der Waals surface area contributed by atoms with Crippen LogP contribution in [0.25, 0.3) is 54.6 Å². The standard InChI is InChI=1S/C48H39N/c1-3-15-34(16-4-1)42-27-12-18-36-19-13-29-46(48(36)42)45-25-9-10-30-47(45)49(38-21-5-2-6-22-38)39-23-11-20-37(33-39)41-26-14-28-43-40-24-8-7-17-35(40)31-32-44(41)43/h2,5-14,17-34H,1,3-4,15-16H2. The summed E-state index contributed by atoms with van der Waals surface area (Å²) < 4.78 is 0. The third kappa shape index (κ3) is 5.36. The Bertz CT molecular complexity index is 2430. The summed E-state index contributed by atoms with van der Waals surface area (Å²) in [6, 6.07) is 62.7. The topological polar surface area (TPSA) is 3.24 Å². The van der Waals surface area contributed by atoms with Gasteiger partial charge >= 0.3 is 0 Å². The fraction of sp³-hybridized carbons (Fsp3) is 0.125. The van der Waals surface area contributed by atoms with Crippen LogP contribution in [0, 0.1) is 0 Å². The third-order valence-corrected chi connectivity index (χ3v) is 10.6. The number of anilines is 3.